The van der Waals surface area contributed by atoms with Crippen molar-refractivity contribution >= 4 is 49.4 Å². The van der Waals surface area contributed by atoms with Gasteiger partial charge in [-0.2, -0.15) is 0 Å². The Bertz CT molecular complexity index is 1280. The van der Waals surface area contributed by atoms with Crippen LogP contribution >= 0.6 is 23.1 Å². The molecular weight excluding hydrogens is 440 g/mol. The van der Waals surface area contributed by atoms with E-state index in [4.69, 9.17) is 4.98 Å². The Hall–Kier alpha value is -2.71. The topological polar surface area (TPSA) is 76.9 Å². The number of pyridine rings is 1. The van der Waals surface area contributed by atoms with Crippen LogP contribution in [0.4, 0.5) is 0 Å². The van der Waals surface area contributed by atoms with Crippen LogP contribution in [0.5, 0.6) is 0 Å². The van der Waals surface area contributed by atoms with Gasteiger partial charge in [-0.25, -0.2) is 9.97 Å². The number of carbonyl (C=O) groups excluding carboxylic acids is 1. The van der Waals surface area contributed by atoms with E-state index in [0.717, 1.165) is 28.6 Å². The molecule has 1 atom stereocenters. The monoisotopic (exact) mass is 466 g/mol. The second-order valence-electron chi connectivity index (χ2n) is 7.75. The van der Waals surface area contributed by atoms with Crippen LogP contribution in [0.25, 0.3) is 20.4 Å². The van der Waals surface area contributed by atoms with Gasteiger partial charge in [0, 0.05) is 24.7 Å². The lowest BCUT2D eigenvalue weighted by atomic mass is 10.0. The van der Waals surface area contributed by atoms with Crippen molar-refractivity contribution in [1.29, 1.82) is 0 Å². The summed E-state index contributed by atoms with van der Waals surface area (Å²) in [4.78, 5) is 35.9. The number of rotatable bonds is 9. The predicted octanol–water partition coefficient (Wildman–Crippen LogP) is 4.82. The number of hydrogen-bond donors (Lipinski definition) is 1. The van der Waals surface area contributed by atoms with Gasteiger partial charge in [0.1, 0.15) is 9.53 Å². The van der Waals surface area contributed by atoms with E-state index in [2.05, 4.69) is 36.3 Å². The van der Waals surface area contributed by atoms with Crippen molar-refractivity contribution in [3.8, 4) is 0 Å². The molecule has 0 bridgehead atoms. The summed E-state index contributed by atoms with van der Waals surface area (Å²) in [7, 11) is 0. The van der Waals surface area contributed by atoms with Crippen molar-refractivity contribution < 1.29 is 4.79 Å². The van der Waals surface area contributed by atoms with Gasteiger partial charge in [0.25, 0.3) is 5.56 Å². The average molecular weight is 467 g/mol. The number of benzene rings is 1. The van der Waals surface area contributed by atoms with E-state index in [1.807, 2.05) is 30.3 Å². The lowest BCUT2D eigenvalue weighted by molar-refractivity contribution is -0.118. The molecule has 166 valence electrons. The van der Waals surface area contributed by atoms with E-state index in [1.165, 1.54) is 23.1 Å². The van der Waals surface area contributed by atoms with Gasteiger partial charge in [0.15, 0.2) is 5.16 Å². The quantitative estimate of drug-likeness (QED) is 0.217. The number of unbranched alkanes of at least 4 members (excludes halogenated alkanes) is 1. The van der Waals surface area contributed by atoms with Crippen molar-refractivity contribution in [2.75, 3.05) is 12.3 Å². The summed E-state index contributed by atoms with van der Waals surface area (Å²) in [5, 5.41) is 4.38. The number of thiophene rings is 1. The zero-order chi connectivity index (χ0) is 22.5. The first-order valence-electron chi connectivity index (χ1n) is 10.8. The van der Waals surface area contributed by atoms with Crippen LogP contribution in [0.1, 0.15) is 38.2 Å². The minimum atomic E-state index is -0.0744. The number of thioether (sulfide) groups is 1. The summed E-state index contributed by atoms with van der Waals surface area (Å²) < 4.78 is 2.33. The molecule has 0 spiro atoms. The Kier molecular flexibility index (Phi) is 7.22. The number of fused-ring (bicyclic) bond motifs is 3. The highest BCUT2D eigenvalue weighted by Gasteiger charge is 2.19. The van der Waals surface area contributed by atoms with Crippen molar-refractivity contribution in [1.82, 2.24) is 19.9 Å². The van der Waals surface area contributed by atoms with Crippen LogP contribution in [0.15, 0.2) is 58.6 Å². The summed E-state index contributed by atoms with van der Waals surface area (Å²) in [5.74, 6) is 0.303. The average Bonchev–Trinajstić information content (AvgIpc) is 3.19. The predicted molar refractivity (Wildman–Crippen MR) is 133 cm³/mol. The molecule has 4 aromatic rings. The van der Waals surface area contributed by atoms with E-state index in [-0.39, 0.29) is 23.1 Å². The van der Waals surface area contributed by atoms with Gasteiger partial charge < -0.3 is 5.32 Å². The second-order valence-corrected chi connectivity index (χ2v) is 9.69. The molecule has 1 N–H and O–H groups in total. The smallest absolute Gasteiger partial charge is 0.272 e. The van der Waals surface area contributed by atoms with E-state index >= 15 is 0 Å². The van der Waals surface area contributed by atoms with Crippen LogP contribution in [-0.2, 0) is 11.3 Å². The third-order valence-corrected chi connectivity index (χ3v) is 7.39. The van der Waals surface area contributed by atoms with Gasteiger partial charge in [0.05, 0.1) is 11.3 Å². The largest absolute Gasteiger partial charge is 0.355 e. The Labute approximate surface area is 195 Å². The highest BCUT2D eigenvalue weighted by atomic mass is 32.2. The highest BCUT2D eigenvalue weighted by molar-refractivity contribution is 7.99. The molecule has 0 aliphatic rings. The number of amides is 1. The lowest BCUT2D eigenvalue weighted by Crippen LogP contribution is -2.28. The molecule has 6 nitrogen and oxygen atoms in total. The summed E-state index contributed by atoms with van der Waals surface area (Å²) in [5.41, 5.74) is 1.75. The van der Waals surface area contributed by atoms with Gasteiger partial charge in [-0.3, -0.25) is 14.2 Å². The molecule has 4 rings (SSSR count). The van der Waals surface area contributed by atoms with Gasteiger partial charge in [0.2, 0.25) is 5.91 Å². The minimum absolute atomic E-state index is 0.0442. The minimum Gasteiger partial charge on any atom is -0.355 e. The summed E-state index contributed by atoms with van der Waals surface area (Å²) in [6, 6.07) is 13.9. The Morgan fingerprint density at radius 3 is 2.81 bits per heavy atom. The molecule has 0 fully saturated rings. The maximum Gasteiger partial charge on any atom is 0.272 e. The zero-order valence-electron chi connectivity index (χ0n) is 18.2. The number of nitrogens with zero attached hydrogens (tertiary/aromatic N) is 3. The maximum atomic E-state index is 13.5. The molecule has 3 aromatic heterocycles. The van der Waals surface area contributed by atoms with Crippen LogP contribution in [0.3, 0.4) is 0 Å². The molecule has 0 saturated heterocycles. The molecule has 0 aliphatic heterocycles. The fourth-order valence-electron chi connectivity index (χ4n) is 3.56. The third-order valence-electron chi connectivity index (χ3n) is 5.33. The van der Waals surface area contributed by atoms with Crippen LogP contribution in [0.2, 0.25) is 0 Å². The zero-order valence-corrected chi connectivity index (χ0v) is 19.8. The van der Waals surface area contributed by atoms with E-state index in [1.54, 1.807) is 10.8 Å². The van der Waals surface area contributed by atoms with Gasteiger partial charge in [-0.15, -0.1) is 11.3 Å². The SMILES string of the molecule is CCCCNC(=O)CSc1nc2c(sc3ncccc32)c(=O)n1C[C@@H](C)c1ccccc1. The standard InChI is InChI=1S/C24H26N4O2S2/c1-3-4-12-25-19(29)15-31-24-27-20-18-11-8-13-26-22(18)32-21(20)23(30)28(24)14-16(2)17-9-6-5-7-10-17/h5-11,13,16H,3-4,12,14-15H2,1-2H3,(H,25,29)/t16-/m1/s1. The first kappa shape index (κ1) is 22.5. The molecule has 32 heavy (non-hydrogen) atoms. The maximum absolute atomic E-state index is 13.5. The van der Waals surface area contributed by atoms with Crippen molar-refractivity contribution in [3.63, 3.8) is 0 Å². The fraction of sp³-hybridized carbons (Fsp3) is 0.333. The van der Waals surface area contributed by atoms with Gasteiger partial charge in [-0.05, 0) is 30.0 Å². The molecule has 3 heterocycles. The van der Waals surface area contributed by atoms with Crippen molar-refractivity contribution in [3.05, 3.63) is 64.6 Å². The summed E-state index contributed by atoms with van der Waals surface area (Å²) in [6.07, 6.45) is 3.71. The molecule has 0 aliphatic carbocycles. The van der Waals surface area contributed by atoms with E-state index in [9.17, 15) is 9.59 Å². The Morgan fingerprint density at radius 1 is 1.22 bits per heavy atom. The molecule has 0 unspecified atom stereocenters. The van der Waals surface area contributed by atoms with Gasteiger partial charge >= 0.3 is 0 Å². The molecule has 1 amide bonds. The Balaban J connectivity index is 1.71. The summed E-state index contributed by atoms with van der Waals surface area (Å²) in [6.45, 7) is 5.35. The van der Waals surface area contributed by atoms with Crippen molar-refractivity contribution in [2.45, 2.75) is 44.3 Å². The molecule has 8 heteroatoms. The highest BCUT2D eigenvalue weighted by Crippen LogP contribution is 2.31. The summed E-state index contributed by atoms with van der Waals surface area (Å²) >= 11 is 2.69. The van der Waals surface area contributed by atoms with Crippen LogP contribution < -0.4 is 10.9 Å². The molecular formula is C24H26N4O2S2. The van der Waals surface area contributed by atoms with E-state index in [0.29, 0.717) is 28.5 Å². The molecule has 0 saturated carbocycles. The first-order chi connectivity index (χ1) is 15.6. The third kappa shape index (κ3) is 4.86. The Morgan fingerprint density at radius 2 is 2.03 bits per heavy atom. The normalized spacial score (nSPS) is 12.3. The van der Waals surface area contributed by atoms with E-state index < -0.39 is 0 Å². The molecule has 1 aromatic carbocycles. The van der Waals surface area contributed by atoms with Gasteiger partial charge in [-0.1, -0.05) is 62.4 Å². The second kappa shape index (κ2) is 10.3. The number of nitrogens with one attached hydrogen (secondary N) is 1. The number of carbonyl (C=O) groups is 1. The fourth-order valence-corrected chi connectivity index (χ4v) is 5.42. The van der Waals surface area contributed by atoms with Crippen LogP contribution in [0, 0.1) is 0 Å². The van der Waals surface area contributed by atoms with Crippen LogP contribution in [-0.4, -0.2) is 32.7 Å². The first-order valence-corrected chi connectivity index (χ1v) is 12.6. The number of aromatic nitrogens is 3. The lowest BCUT2D eigenvalue weighted by Gasteiger charge is -2.17. The van der Waals surface area contributed by atoms with Crippen molar-refractivity contribution in [2.24, 2.45) is 0 Å². The number of hydrogen-bond acceptors (Lipinski definition) is 6. The molecule has 0 radical (unpaired) electrons.